The summed E-state index contributed by atoms with van der Waals surface area (Å²) in [7, 11) is 0. The molecule has 1 saturated heterocycles. The Morgan fingerprint density at radius 3 is 3.00 bits per heavy atom. The molecular formula is C15H17BrClNO. The van der Waals surface area contributed by atoms with Gasteiger partial charge in [0.05, 0.1) is 6.10 Å². The number of ether oxygens (including phenoxy) is 1. The summed E-state index contributed by atoms with van der Waals surface area (Å²) in [4.78, 5) is 4.35. The lowest BCUT2D eigenvalue weighted by atomic mass is 9.83. The number of allylic oxidation sites excluding steroid dienone is 1. The molecule has 1 aromatic heterocycles. The molecule has 2 nitrogen and oxygen atoms in total. The third-order valence-electron chi connectivity index (χ3n) is 4.14. The quantitative estimate of drug-likeness (QED) is 0.610. The van der Waals surface area contributed by atoms with Crippen LogP contribution in [0.2, 0.25) is 0 Å². The SMILES string of the molecule is ClCC1C=Cc2cc(Br)ncc2CC1C[C@@H]1CCO1. The monoisotopic (exact) mass is 341 g/mol. The second-order valence-corrected chi connectivity index (χ2v) is 6.49. The molecule has 2 unspecified atom stereocenters. The number of rotatable bonds is 3. The van der Waals surface area contributed by atoms with E-state index >= 15 is 0 Å². The first-order valence-corrected chi connectivity index (χ1v) is 8.09. The fraction of sp³-hybridized carbons (Fsp3) is 0.533. The number of alkyl halides is 1. The Morgan fingerprint density at radius 1 is 1.47 bits per heavy atom. The Hall–Kier alpha value is -0.380. The predicted molar refractivity (Wildman–Crippen MR) is 81.3 cm³/mol. The van der Waals surface area contributed by atoms with E-state index in [0.717, 1.165) is 24.1 Å². The molecule has 4 heteroatoms. The third-order valence-corrected chi connectivity index (χ3v) is 4.93. The summed E-state index contributed by atoms with van der Waals surface area (Å²) in [5.41, 5.74) is 2.57. The maximum Gasteiger partial charge on any atom is 0.106 e. The van der Waals surface area contributed by atoms with Crippen molar-refractivity contribution in [1.29, 1.82) is 0 Å². The molecule has 0 saturated carbocycles. The molecule has 1 fully saturated rings. The lowest BCUT2D eigenvalue weighted by Crippen LogP contribution is -2.32. The van der Waals surface area contributed by atoms with Gasteiger partial charge in [-0.15, -0.1) is 11.6 Å². The lowest BCUT2D eigenvalue weighted by molar-refractivity contribution is -0.0649. The number of hydrogen-bond donors (Lipinski definition) is 0. The summed E-state index contributed by atoms with van der Waals surface area (Å²) in [6.45, 7) is 0.920. The van der Waals surface area contributed by atoms with E-state index in [1.807, 2.05) is 6.20 Å². The first-order valence-electron chi connectivity index (χ1n) is 6.76. The predicted octanol–water partition coefficient (Wildman–Crippen LogP) is 4.06. The molecule has 2 heterocycles. The van der Waals surface area contributed by atoms with Crippen LogP contribution in [0.1, 0.15) is 24.0 Å². The highest BCUT2D eigenvalue weighted by Crippen LogP contribution is 2.33. The fourth-order valence-electron chi connectivity index (χ4n) is 2.86. The maximum absolute atomic E-state index is 6.15. The second kappa shape index (κ2) is 5.94. The van der Waals surface area contributed by atoms with Gasteiger partial charge in [0.15, 0.2) is 0 Å². The minimum absolute atomic E-state index is 0.428. The summed E-state index contributed by atoms with van der Waals surface area (Å²) in [5, 5.41) is 0. The normalized spacial score (nSPS) is 29.5. The first kappa shape index (κ1) is 13.6. The molecule has 0 bridgehead atoms. The first-order chi connectivity index (χ1) is 9.26. The molecule has 19 heavy (non-hydrogen) atoms. The van der Waals surface area contributed by atoms with Crippen LogP contribution in [0.4, 0.5) is 0 Å². The van der Waals surface area contributed by atoms with Gasteiger partial charge >= 0.3 is 0 Å². The van der Waals surface area contributed by atoms with Gasteiger partial charge in [0.2, 0.25) is 0 Å². The van der Waals surface area contributed by atoms with Crippen LogP contribution in [-0.4, -0.2) is 23.6 Å². The Kier molecular flexibility index (Phi) is 4.25. The van der Waals surface area contributed by atoms with Crippen molar-refractivity contribution < 1.29 is 4.74 Å². The molecular weight excluding hydrogens is 326 g/mol. The Bertz CT molecular complexity index is 487. The zero-order valence-corrected chi connectivity index (χ0v) is 13.0. The Labute approximate surface area is 127 Å². The van der Waals surface area contributed by atoms with Crippen molar-refractivity contribution in [3.05, 3.63) is 34.1 Å². The number of pyridine rings is 1. The number of halogens is 2. The minimum Gasteiger partial charge on any atom is -0.378 e. The average molecular weight is 343 g/mol. The largest absolute Gasteiger partial charge is 0.378 e. The van der Waals surface area contributed by atoms with Gasteiger partial charge in [0, 0.05) is 18.7 Å². The molecule has 2 aliphatic rings. The standard InChI is InChI=1S/C15H17BrClNO/c16-15-7-10-1-2-11(8-17)12(5-13(10)9-18-15)6-14-3-4-19-14/h1-2,7,9,11-12,14H,3-6,8H2/t11?,12?,14-/m0/s1. The lowest BCUT2D eigenvalue weighted by Gasteiger charge is -2.32. The van der Waals surface area contributed by atoms with Gasteiger partial charge in [-0.3, -0.25) is 0 Å². The summed E-state index contributed by atoms with van der Waals surface area (Å²) < 4.78 is 6.47. The van der Waals surface area contributed by atoms with Gasteiger partial charge in [-0.1, -0.05) is 12.2 Å². The summed E-state index contributed by atoms with van der Waals surface area (Å²) in [6, 6.07) is 2.08. The molecule has 0 aromatic carbocycles. The number of hydrogen-bond acceptors (Lipinski definition) is 2. The van der Waals surface area contributed by atoms with E-state index < -0.39 is 0 Å². The van der Waals surface area contributed by atoms with Crippen molar-refractivity contribution in [2.45, 2.75) is 25.4 Å². The maximum atomic E-state index is 6.15. The number of nitrogens with zero attached hydrogens (tertiary/aromatic N) is 1. The summed E-state index contributed by atoms with van der Waals surface area (Å²) in [5.74, 6) is 1.66. The highest BCUT2D eigenvalue weighted by atomic mass is 79.9. The third kappa shape index (κ3) is 3.04. The van der Waals surface area contributed by atoms with E-state index in [1.165, 1.54) is 17.5 Å². The molecule has 102 valence electrons. The van der Waals surface area contributed by atoms with Gasteiger partial charge in [-0.25, -0.2) is 4.98 Å². The zero-order valence-electron chi connectivity index (χ0n) is 10.7. The number of aromatic nitrogens is 1. The van der Waals surface area contributed by atoms with Gasteiger partial charge in [-0.05, 0) is 64.2 Å². The van der Waals surface area contributed by atoms with Crippen molar-refractivity contribution in [3.63, 3.8) is 0 Å². The van der Waals surface area contributed by atoms with Crippen LogP contribution in [0.15, 0.2) is 22.9 Å². The van der Waals surface area contributed by atoms with Crippen LogP contribution in [-0.2, 0) is 11.2 Å². The topological polar surface area (TPSA) is 22.1 Å². The Morgan fingerprint density at radius 2 is 2.32 bits per heavy atom. The van der Waals surface area contributed by atoms with Crippen molar-refractivity contribution >= 4 is 33.6 Å². The van der Waals surface area contributed by atoms with E-state index in [2.05, 4.69) is 39.1 Å². The zero-order chi connectivity index (χ0) is 13.2. The smallest absolute Gasteiger partial charge is 0.106 e. The van der Waals surface area contributed by atoms with Crippen LogP contribution in [0, 0.1) is 11.8 Å². The summed E-state index contributed by atoms with van der Waals surface area (Å²) >= 11 is 9.58. The molecule has 3 atom stereocenters. The van der Waals surface area contributed by atoms with Gasteiger partial charge in [0.25, 0.3) is 0 Å². The van der Waals surface area contributed by atoms with Crippen molar-refractivity contribution in [1.82, 2.24) is 4.98 Å². The van der Waals surface area contributed by atoms with Crippen LogP contribution in [0.5, 0.6) is 0 Å². The molecule has 0 N–H and O–H groups in total. The summed E-state index contributed by atoms with van der Waals surface area (Å²) in [6.07, 6.45) is 10.2. The molecule has 0 spiro atoms. The second-order valence-electron chi connectivity index (χ2n) is 5.36. The van der Waals surface area contributed by atoms with E-state index in [4.69, 9.17) is 16.3 Å². The molecule has 0 radical (unpaired) electrons. The average Bonchev–Trinajstić information content (AvgIpc) is 2.52. The molecule has 0 amide bonds. The van der Waals surface area contributed by atoms with Crippen LogP contribution < -0.4 is 0 Å². The molecule has 1 aliphatic heterocycles. The highest BCUT2D eigenvalue weighted by molar-refractivity contribution is 9.10. The Balaban J connectivity index is 1.83. The van der Waals surface area contributed by atoms with E-state index in [1.54, 1.807) is 0 Å². The van der Waals surface area contributed by atoms with E-state index in [9.17, 15) is 0 Å². The minimum atomic E-state index is 0.428. The van der Waals surface area contributed by atoms with Gasteiger partial charge < -0.3 is 4.74 Å². The molecule has 1 aliphatic carbocycles. The molecule has 3 rings (SSSR count). The van der Waals surface area contributed by atoms with E-state index in [0.29, 0.717) is 23.8 Å². The number of fused-ring (bicyclic) bond motifs is 1. The van der Waals surface area contributed by atoms with Crippen LogP contribution in [0.25, 0.3) is 6.08 Å². The van der Waals surface area contributed by atoms with E-state index in [-0.39, 0.29) is 0 Å². The van der Waals surface area contributed by atoms with Crippen LogP contribution in [0.3, 0.4) is 0 Å². The fourth-order valence-corrected chi connectivity index (χ4v) is 3.56. The van der Waals surface area contributed by atoms with Gasteiger partial charge in [0.1, 0.15) is 4.60 Å². The van der Waals surface area contributed by atoms with Crippen molar-refractivity contribution in [2.75, 3.05) is 12.5 Å². The van der Waals surface area contributed by atoms with Gasteiger partial charge in [-0.2, -0.15) is 0 Å². The molecule has 1 aromatic rings. The van der Waals surface area contributed by atoms with Crippen LogP contribution >= 0.6 is 27.5 Å². The van der Waals surface area contributed by atoms with Crippen molar-refractivity contribution in [2.24, 2.45) is 11.8 Å². The highest BCUT2D eigenvalue weighted by Gasteiger charge is 2.29. The van der Waals surface area contributed by atoms with Crippen molar-refractivity contribution in [3.8, 4) is 0 Å².